The predicted octanol–water partition coefficient (Wildman–Crippen LogP) is 3.66. The lowest BCUT2D eigenvalue weighted by molar-refractivity contribution is -0.140. The monoisotopic (exact) mass is 356 g/mol. The second kappa shape index (κ2) is 7.73. The predicted molar refractivity (Wildman–Crippen MR) is 78.2 cm³/mol. The Morgan fingerprint density at radius 2 is 1.92 bits per heavy atom. The van der Waals surface area contributed by atoms with E-state index in [1.807, 2.05) is 0 Å². The fourth-order valence-corrected chi connectivity index (χ4v) is 2.02. The summed E-state index contributed by atoms with van der Waals surface area (Å²) in [7, 11) is 0. The van der Waals surface area contributed by atoms with Gasteiger partial charge in [-0.15, -0.1) is 0 Å². The molecule has 0 aliphatic carbocycles. The van der Waals surface area contributed by atoms with Crippen LogP contribution in [0.2, 0.25) is 0 Å². The highest BCUT2D eigenvalue weighted by atomic mass is 19.4. The van der Waals surface area contributed by atoms with Crippen molar-refractivity contribution in [1.29, 1.82) is 0 Å². The van der Waals surface area contributed by atoms with E-state index >= 15 is 0 Å². The first-order valence-corrected chi connectivity index (χ1v) is 7.01. The minimum Gasteiger partial charge on any atom is -0.410 e. The molecule has 1 unspecified atom stereocenters. The highest BCUT2D eigenvalue weighted by molar-refractivity contribution is 5.71. The fraction of sp³-hybridized carbons (Fsp3) is 0.188. The summed E-state index contributed by atoms with van der Waals surface area (Å²) in [5.41, 5.74) is -2.24. The summed E-state index contributed by atoms with van der Waals surface area (Å²) in [6.45, 7) is 0. The SMILES string of the molecule is O=CCC(NC(=O)Oc1ccccc1)c1nccc(C(F)(F)F)c1F. The number of halogens is 4. The van der Waals surface area contributed by atoms with E-state index in [2.05, 4.69) is 10.3 Å². The van der Waals surface area contributed by atoms with E-state index in [9.17, 15) is 27.2 Å². The van der Waals surface area contributed by atoms with Crippen molar-refractivity contribution >= 4 is 12.4 Å². The summed E-state index contributed by atoms with van der Waals surface area (Å²) in [5.74, 6) is -1.48. The zero-order chi connectivity index (χ0) is 18.4. The van der Waals surface area contributed by atoms with Crippen LogP contribution >= 0.6 is 0 Å². The number of pyridine rings is 1. The number of benzene rings is 1. The number of nitrogens with zero attached hydrogens (tertiary/aromatic N) is 1. The molecule has 132 valence electrons. The van der Waals surface area contributed by atoms with Crippen LogP contribution in [0.3, 0.4) is 0 Å². The maximum absolute atomic E-state index is 14.1. The number of amides is 1. The number of aldehydes is 1. The molecule has 0 radical (unpaired) electrons. The zero-order valence-electron chi connectivity index (χ0n) is 12.6. The minimum atomic E-state index is -4.93. The molecule has 9 heteroatoms. The molecule has 0 aliphatic heterocycles. The van der Waals surface area contributed by atoms with Gasteiger partial charge in [0.1, 0.15) is 12.0 Å². The second-order valence-electron chi connectivity index (χ2n) is 4.86. The topological polar surface area (TPSA) is 68.3 Å². The molecule has 1 aromatic heterocycles. The molecule has 5 nitrogen and oxygen atoms in total. The molecule has 1 amide bonds. The molecular weight excluding hydrogens is 344 g/mol. The summed E-state index contributed by atoms with van der Waals surface area (Å²) >= 11 is 0. The van der Waals surface area contributed by atoms with Crippen molar-refractivity contribution in [2.75, 3.05) is 0 Å². The highest BCUT2D eigenvalue weighted by Gasteiger charge is 2.36. The van der Waals surface area contributed by atoms with Crippen LogP contribution in [0.15, 0.2) is 42.6 Å². The number of nitrogens with one attached hydrogen (secondary N) is 1. The van der Waals surface area contributed by atoms with Crippen LogP contribution in [-0.4, -0.2) is 17.4 Å². The van der Waals surface area contributed by atoms with Gasteiger partial charge in [-0.3, -0.25) is 4.98 Å². The molecular formula is C16H12F4N2O3. The molecule has 1 aromatic carbocycles. The van der Waals surface area contributed by atoms with Crippen LogP contribution in [0.5, 0.6) is 5.75 Å². The van der Waals surface area contributed by atoms with Crippen LogP contribution < -0.4 is 10.1 Å². The molecule has 2 rings (SSSR count). The Labute approximate surface area is 139 Å². The minimum absolute atomic E-state index is 0.169. The maximum atomic E-state index is 14.1. The van der Waals surface area contributed by atoms with Gasteiger partial charge in [0.05, 0.1) is 17.3 Å². The number of carbonyl (C=O) groups is 2. The van der Waals surface area contributed by atoms with Crippen molar-refractivity contribution in [3.05, 3.63) is 59.7 Å². The normalized spacial score (nSPS) is 12.3. The Bertz CT molecular complexity index is 751. The van der Waals surface area contributed by atoms with Crippen molar-refractivity contribution in [2.45, 2.75) is 18.6 Å². The Hall–Kier alpha value is -2.97. The summed E-state index contributed by atoms with van der Waals surface area (Å²) in [6, 6.07) is 6.88. The number of carbonyl (C=O) groups excluding carboxylic acids is 2. The van der Waals surface area contributed by atoms with Gasteiger partial charge in [-0.1, -0.05) is 18.2 Å². The van der Waals surface area contributed by atoms with Gasteiger partial charge in [0.25, 0.3) is 0 Å². The van der Waals surface area contributed by atoms with Gasteiger partial charge in [0.2, 0.25) is 0 Å². The molecule has 0 saturated carbocycles. The smallest absolute Gasteiger partial charge is 0.410 e. The van der Waals surface area contributed by atoms with Gasteiger partial charge < -0.3 is 14.8 Å². The average Bonchev–Trinajstić information content (AvgIpc) is 2.54. The third-order valence-corrected chi connectivity index (χ3v) is 3.13. The Kier molecular flexibility index (Phi) is 5.68. The summed E-state index contributed by atoms with van der Waals surface area (Å²) < 4.78 is 57.4. The Morgan fingerprint density at radius 1 is 1.24 bits per heavy atom. The average molecular weight is 356 g/mol. The fourth-order valence-electron chi connectivity index (χ4n) is 2.02. The molecule has 1 atom stereocenters. The number of rotatable bonds is 5. The van der Waals surface area contributed by atoms with Crippen molar-refractivity contribution < 1.29 is 31.9 Å². The van der Waals surface area contributed by atoms with Gasteiger partial charge in [-0.25, -0.2) is 9.18 Å². The zero-order valence-corrected chi connectivity index (χ0v) is 12.6. The molecule has 0 saturated heterocycles. The largest absolute Gasteiger partial charge is 0.419 e. The van der Waals surface area contributed by atoms with Crippen molar-refractivity contribution in [2.24, 2.45) is 0 Å². The number of hydrogen-bond donors (Lipinski definition) is 1. The summed E-state index contributed by atoms with van der Waals surface area (Å²) in [6.07, 6.45) is -5.39. The van der Waals surface area contributed by atoms with Crippen molar-refractivity contribution in [3.8, 4) is 5.75 Å². The molecule has 0 fully saturated rings. The van der Waals surface area contributed by atoms with Crippen LogP contribution in [0, 0.1) is 5.82 Å². The van der Waals surface area contributed by atoms with E-state index in [0.29, 0.717) is 12.4 Å². The molecule has 0 aliphatic rings. The van der Waals surface area contributed by atoms with Crippen molar-refractivity contribution in [3.63, 3.8) is 0 Å². The second-order valence-corrected chi connectivity index (χ2v) is 4.86. The molecule has 1 N–H and O–H groups in total. The Balaban J connectivity index is 2.23. The van der Waals surface area contributed by atoms with Crippen LogP contribution in [0.4, 0.5) is 22.4 Å². The van der Waals surface area contributed by atoms with E-state index < -0.39 is 41.8 Å². The van der Waals surface area contributed by atoms with E-state index in [-0.39, 0.29) is 5.75 Å². The number of para-hydroxylation sites is 1. The lowest BCUT2D eigenvalue weighted by atomic mass is 10.1. The first-order chi connectivity index (χ1) is 11.8. The standard InChI is InChI=1S/C16H12F4N2O3/c17-13-11(16(18,19)20)6-8-21-14(13)12(7-9-23)22-15(24)25-10-4-2-1-3-5-10/h1-6,8-9,12H,7H2,(H,22,24). The van der Waals surface area contributed by atoms with E-state index in [1.54, 1.807) is 18.2 Å². The molecule has 1 heterocycles. The van der Waals surface area contributed by atoms with Crippen LogP contribution in [-0.2, 0) is 11.0 Å². The van der Waals surface area contributed by atoms with E-state index in [0.717, 1.165) is 6.20 Å². The number of hydrogen-bond acceptors (Lipinski definition) is 4. The maximum Gasteiger partial charge on any atom is 0.419 e. The van der Waals surface area contributed by atoms with Crippen LogP contribution in [0.25, 0.3) is 0 Å². The number of aromatic nitrogens is 1. The third kappa shape index (κ3) is 4.75. The van der Waals surface area contributed by atoms with E-state index in [1.165, 1.54) is 12.1 Å². The lowest BCUT2D eigenvalue weighted by Gasteiger charge is -2.18. The molecule has 0 spiro atoms. The first-order valence-electron chi connectivity index (χ1n) is 7.01. The number of alkyl halides is 3. The van der Waals surface area contributed by atoms with Gasteiger partial charge in [-0.05, 0) is 18.2 Å². The quantitative estimate of drug-likeness (QED) is 0.656. The number of ether oxygens (including phenoxy) is 1. The van der Waals surface area contributed by atoms with Crippen LogP contribution in [0.1, 0.15) is 23.7 Å². The summed E-state index contributed by atoms with van der Waals surface area (Å²) in [4.78, 5) is 26.1. The lowest BCUT2D eigenvalue weighted by Crippen LogP contribution is -2.33. The molecule has 2 aromatic rings. The van der Waals surface area contributed by atoms with Crippen molar-refractivity contribution in [1.82, 2.24) is 10.3 Å². The summed E-state index contributed by atoms with van der Waals surface area (Å²) in [5, 5.41) is 2.14. The Morgan fingerprint density at radius 3 is 2.52 bits per heavy atom. The van der Waals surface area contributed by atoms with Gasteiger partial charge in [-0.2, -0.15) is 13.2 Å². The third-order valence-electron chi connectivity index (χ3n) is 3.13. The van der Waals surface area contributed by atoms with Gasteiger partial charge in [0, 0.05) is 12.6 Å². The molecule has 0 bridgehead atoms. The molecule has 25 heavy (non-hydrogen) atoms. The van der Waals surface area contributed by atoms with Gasteiger partial charge in [0.15, 0.2) is 5.82 Å². The highest BCUT2D eigenvalue weighted by Crippen LogP contribution is 2.33. The van der Waals surface area contributed by atoms with Gasteiger partial charge >= 0.3 is 12.3 Å². The first kappa shape index (κ1) is 18.4. The van der Waals surface area contributed by atoms with E-state index in [4.69, 9.17) is 4.74 Å².